The molecule has 0 spiro atoms. The van der Waals surface area contributed by atoms with Crippen molar-refractivity contribution in [3.63, 3.8) is 0 Å². The summed E-state index contributed by atoms with van der Waals surface area (Å²) in [6, 6.07) is 17.1. The fourth-order valence-electron chi connectivity index (χ4n) is 5.52. The highest BCUT2D eigenvalue weighted by Crippen LogP contribution is 2.54. The van der Waals surface area contributed by atoms with Crippen LogP contribution in [0.2, 0.25) is 0 Å². The van der Waals surface area contributed by atoms with E-state index in [4.69, 9.17) is 14.2 Å². The van der Waals surface area contributed by atoms with Crippen LogP contribution in [0.3, 0.4) is 0 Å². The third kappa shape index (κ3) is 5.11. The summed E-state index contributed by atoms with van der Waals surface area (Å²) < 4.78 is 30.8. The van der Waals surface area contributed by atoms with Gasteiger partial charge in [-0.3, -0.25) is 23.7 Å². The van der Waals surface area contributed by atoms with E-state index < -0.39 is 45.5 Å². The Bertz CT molecular complexity index is 1820. The molecule has 0 radical (unpaired) electrons. The number of methoxy groups -OCH3 is 3. The van der Waals surface area contributed by atoms with E-state index in [0.717, 1.165) is 23.1 Å². The van der Waals surface area contributed by atoms with Crippen LogP contribution in [0.1, 0.15) is 16.4 Å². The van der Waals surface area contributed by atoms with Crippen LogP contribution < -0.4 is 29.3 Å². The van der Waals surface area contributed by atoms with Gasteiger partial charge in [-0.25, -0.2) is 9.29 Å². The van der Waals surface area contributed by atoms with Gasteiger partial charge >= 0.3 is 4.87 Å². The Balaban J connectivity index is 1.43. The van der Waals surface area contributed by atoms with Gasteiger partial charge in [0.2, 0.25) is 17.7 Å². The van der Waals surface area contributed by atoms with Gasteiger partial charge in [0.25, 0.3) is 0 Å². The molecule has 6 rings (SSSR count). The summed E-state index contributed by atoms with van der Waals surface area (Å²) in [5.41, 5.74) is 1.43. The van der Waals surface area contributed by atoms with Crippen molar-refractivity contribution in [3.05, 3.63) is 92.7 Å². The lowest BCUT2D eigenvalue weighted by atomic mass is 9.83. The first-order valence-electron chi connectivity index (χ1n) is 13.4. The van der Waals surface area contributed by atoms with Crippen LogP contribution in [0, 0.1) is 11.7 Å². The Morgan fingerprint density at radius 2 is 1.59 bits per heavy atom. The average molecular weight is 636 g/mol. The number of hydrogen-bond acceptors (Lipinski definition) is 9. The molecule has 3 heterocycles. The summed E-state index contributed by atoms with van der Waals surface area (Å²) in [6.45, 7) is -0.338. The first-order chi connectivity index (χ1) is 21.2. The fraction of sp³-hybridized carbons (Fsp3) is 0.226. The van der Waals surface area contributed by atoms with E-state index in [9.17, 15) is 23.6 Å². The quantitative estimate of drug-likeness (QED) is 0.281. The van der Waals surface area contributed by atoms with Gasteiger partial charge in [0.15, 0.2) is 11.5 Å². The third-order valence-electron chi connectivity index (χ3n) is 7.58. The number of carbonyl (C=O) groups is 3. The minimum absolute atomic E-state index is 0.338. The lowest BCUT2D eigenvalue weighted by Gasteiger charge is -2.31. The van der Waals surface area contributed by atoms with Crippen molar-refractivity contribution in [1.82, 2.24) is 4.57 Å². The molecule has 3 amide bonds. The molecule has 44 heavy (non-hydrogen) atoms. The van der Waals surface area contributed by atoms with E-state index in [1.807, 2.05) is 0 Å². The minimum atomic E-state index is -0.865. The van der Waals surface area contributed by atoms with Gasteiger partial charge in [-0.15, -0.1) is 0 Å². The molecular formula is C31H26FN3O7S2. The molecule has 0 aliphatic carbocycles. The molecule has 1 fully saturated rings. The van der Waals surface area contributed by atoms with E-state index in [2.05, 4.69) is 5.32 Å². The number of benzene rings is 3. The maximum absolute atomic E-state index is 14.1. The zero-order valence-electron chi connectivity index (χ0n) is 23.7. The molecule has 1 saturated heterocycles. The lowest BCUT2D eigenvalue weighted by molar-refractivity contribution is -0.122. The highest BCUT2D eigenvalue weighted by Gasteiger charge is 2.57. The SMILES string of the molecule is COc1ccc(N2C(=O)C3Sc4c(sc(=O)n4CC(=O)Nc4ccc(F)cc4)C(c4ccc(OC)c(OC)c4)C3C2=O)cc1. The number of amides is 3. The molecular weight excluding hydrogens is 609 g/mol. The number of nitrogens with zero attached hydrogens (tertiary/aromatic N) is 2. The summed E-state index contributed by atoms with van der Waals surface area (Å²) in [5, 5.41) is 2.25. The topological polar surface area (TPSA) is 116 Å². The largest absolute Gasteiger partial charge is 0.497 e. The molecule has 2 aliphatic rings. The predicted molar refractivity (Wildman–Crippen MR) is 164 cm³/mol. The first kappa shape index (κ1) is 29.5. The van der Waals surface area contributed by atoms with Crippen molar-refractivity contribution in [1.29, 1.82) is 0 Å². The molecule has 3 atom stereocenters. The van der Waals surface area contributed by atoms with Crippen molar-refractivity contribution in [2.45, 2.75) is 22.7 Å². The molecule has 10 nitrogen and oxygen atoms in total. The van der Waals surface area contributed by atoms with Crippen LogP contribution in [0.25, 0.3) is 0 Å². The first-order valence-corrected chi connectivity index (χ1v) is 15.1. The monoisotopic (exact) mass is 635 g/mol. The van der Waals surface area contributed by atoms with Gasteiger partial charge in [0.05, 0.1) is 38.0 Å². The van der Waals surface area contributed by atoms with Gasteiger partial charge in [-0.1, -0.05) is 29.2 Å². The van der Waals surface area contributed by atoms with Crippen molar-refractivity contribution in [2.75, 3.05) is 31.5 Å². The zero-order valence-corrected chi connectivity index (χ0v) is 25.4. The highest BCUT2D eigenvalue weighted by atomic mass is 32.2. The summed E-state index contributed by atoms with van der Waals surface area (Å²) >= 11 is 2.04. The fourth-order valence-corrected chi connectivity index (χ4v) is 8.30. The molecule has 13 heteroatoms. The Hall–Kier alpha value is -4.62. The van der Waals surface area contributed by atoms with Crippen LogP contribution in [0.5, 0.6) is 17.2 Å². The normalized spacial score (nSPS) is 18.9. The molecule has 0 saturated carbocycles. The van der Waals surface area contributed by atoms with Crippen LogP contribution in [0.4, 0.5) is 15.8 Å². The van der Waals surface area contributed by atoms with Crippen molar-refractivity contribution >= 4 is 52.2 Å². The number of anilines is 2. The van der Waals surface area contributed by atoms with E-state index in [1.54, 1.807) is 42.5 Å². The van der Waals surface area contributed by atoms with E-state index >= 15 is 0 Å². The number of hydrogen-bond donors (Lipinski definition) is 1. The molecule has 3 aromatic carbocycles. The molecule has 4 aromatic rings. The van der Waals surface area contributed by atoms with Crippen LogP contribution in [-0.4, -0.2) is 48.9 Å². The van der Waals surface area contributed by atoms with Gasteiger partial charge in [0, 0.05) is 16.5 Å². The number of carbonyl (C=O) groups excluding carboxylic acids is 3. The number of halogens is 1. The number of imide groups is 1. The molecule has 2 aliphatic heterocycles. The Kier molecular flexibility index (Phi) is 7.91. The van der Waals surface area contributed by atoms with Crippen molar-refractivity contribution < 1.29 is 33.0 Å². The maximum atomic E-state index is 14.1. The summed E-state index contributed by atoms with van der Waals surface area (Å²) in [6.07, 6.45) is 0. The van der Waals surface area contributed by atoms with Gasteiger partial charge in [-0.2, -0.15) is 0 Å². The van der Waals surface area contributed by atoms with Gasteiger partial charge < -0.3 is 19.5 Å². The smallest absolute Gasteiger partial charge is 0.308 e. The molecule has 0 bridgehead atoms. The Morgan fingerprint density at radius 1 is 0.886 bits per heavy atom. The van der Waals surface area contributed by atoms with E-state index in [-0.39, 0.29) is 6.54 Å². The van der Waals surface area contributed by atoms with Crippen molar-refractivity contribution in [2.24, 2.45) is 5.92 Å². The molecule has 3 unspecified atom stereocenters. The second-order valence-corrected chi connectivity index (χ2v) is 12.2. The summed E-state index contributed by atoms with van der Waals surface area (Å²) in [7, 11) is 4.53. The number of thioether (sulfide) groups is 1. The van der Waals surface area contributed by atoms with E-state index in [1.165, 1.54) is 55.1 Å². The lowest BCUT2D eigenvalue weighted by Crippen LogP contribution is -2.33. The Labute approximate surface area is 259 Å². The van der Waals surface area contributed by atoms with Gasteiger partial charge in [-0.05, 0) is 66.2 Å². The number of rotatable bonds is 8. The summed E-state index contributed by atoms with van der Waals surface area (Å²) in [5.74, 6) is -1.80. The van der Waals surface area contributed by atoms with Crippen LogP contribution in [0.15, 0.2) is 76.6 Å². The zero-order chi connectivity index (χ0) is 31.1. The number of fused-ring (bicyclic) bond motifs is 2. The molecule has 226 valence electrons. The number of aromatic nitrogens is 1. The van der Waals surface area contributed by atoms with Crippen molar-refractivity contribution in [3.8, 4) is 17.2 Å². The minimum Gasteiger partial charge on any atom is -0.497 e. The van der Waals surface area contributed by atoms with E-state index in [0.29, 0.717) is 44.1 Å². The molecule has 1 N–H and O–H groups in total. The average Bonchev–Trinajstić information content (AvgIpc) is 3.47. The predicted octanol–water partition coefficient (Wildman–Crippen LogP) is 4.51. The van der Waals surface area contributed by atoms with Crippen LogP contribution in [-0.2, 0) is 20.9 Å². The second-order valence-electron chi connectivity index (χ2n) is 10.0. The number of nitrogens with one attached hydrogen (secondary N) is 1. The second kappa shape index (κ2) is 11.8. The maximum Gasteiger partial charge on any atom is 0.308 e. The number of thiazole rings is 1. The Morgan fingerprint density at radius 3 is 2.25 bits per heavy atom. The molecule has 1 aromatic heterocycles. The number of ether oxygens (including phenoxy) is 3. The standard InChI is InChI=1S/C31H26FN3O7S2/c1-40-20-11-9-19(10-12-20)35-28(37)25-24(16-4-13-21(41-2)22(14-16)42-3)27-30(43-26(25)29(35)38)34(31(39)44-27)15-23(36)33-18-7-5-17(32)6-8-18/h4-14,24-26H,15H2,1-3H3,(H,33,36). The highest BCUT2D eigenvalue weighted by molar-refractivity contribution is 8.00. The third-order valence-corrected chi connectivity index (χ3v) is 10.2. The summed E-state index contributed by atoms with van der Waals surface area (Å²) in [4.78, 5) is 55.8. The van der Waals surface area contributed by atoms with Gasteiger partial charge in [0.1, 0.15) is 23.4 Å². The van der Waals surface area contributed by atoms with Crippen LogP contribution >= 0.6 is 23.1 Å².